The maximum atomic E-state index is 12.4. The van der Waals surface area contributed by atoms with Crippen LogP contribution in [0.2, 0.25) is 0 Å². The van der Waals surface area contributed by atoms with E-state index in [4.69, 9.17) is 4.74 Å². The number of thiazole rings is 1. The number of benzene rings is 1. The van der Waals surface area contributed by atoms with Crippen LogP contribution in [0, 0.1) is 0 Å². The predicted octanol–water partition coefficient (Wildman–Crippen LogP) is 4.01. The van der Waals surface area contributed by atoms with Gasteiger partial charge in [-0.1, -0.05) is 30.3 Å². The lowest BCUT2D eigenvalue weighted by atomic mass is 10.1. The van der Waals surface area contributed by atoms with Gasteiger partial charge in [-0.25, -0.2) is 14.8 Å². The van der Waals surface area contributed by atoms with Gasteiger partial charge >= 0.3 is 5.97 Å². The van der Waals surface area contributed by atoms with Crippen LogP contribution in [0.25, 0.3) is 21.8 Å². The molecule has 0 aliphatic carbocycles. The number of anilines is 1. The number of hydrogen-bond acceptors (Lipinski definition) is 6. The average molecular weight is 367 g/mol. The van der Waals surface area contributed by atoms with Crippen LogP contribution in [0.15, 0.2) is 48.7 Å². The molecule has 3 rings (SSSR count). The fourth-order valence-electron chi connectivity index (χ4n) is 2.38. The molecule has 3 aromatic rings. The largest absolute Gasteiger partial charge is 0.462 e. The second kappa shape index (κ2) is 7.88. The van der Waals surface area contributed by atoms with Gasteiger partial charge in [-0.2, -0.15) is 0 Å². The molecule has 0 aliphatic heterocycles. The Bertz CT molecular complexity index is 938. The molecular weight excluding hydrogens is 350 g/mol. The van der Waals surface area contributed by atoms with Crippen LogP contribution in [0.1, 0.15) is 23.5 Å². The second-order valence-corrected chi connectivity index (χ2v) is 6.39. The number of carbonyl (C=O) groups excluding carboxylic acids is 2. The van der Waals surface area contributed by atoms with Crippen molar-refractivity contribution in [3.05, 3.63) is 53.5 Å². The molecule has 0 fully saturated rings. The minimum absolute atomic E-state index is 0.203. The Morgan fingerprint density at radius 1 is 1.15 bits per heavy atom. The molecule has 1 aromatic carbocycles. The standard InChI is InChI=1S/C19H17N3O3S/c1-3-25-19(24)17-16(13-7-5-4-6-8-13)22-18(26-17)14-9-10-20-15(11-14)21-12(2)23/h4-11H,3H2,1-2H3,(H,20,21,23). The summed E-state index contributed by atoms with van der Waals surface area (Å²) in [4.78, 5) is 32.8. The summed E-state index contributed by atoms with van der Waals surface area (Å²) in [5, 5.41) is 3.30. The van der Waals surface area contributed by atoms with Crippen molar-refractivity contribution in [3.63, 3.8) is 0 Å². The SMILES string of the molecule is CCOC(=O)c1sc(-c2ccnc(NC(C)=O)c2)nc1-c1ccccc1. The molecule has 1 N–H and O–H groups in total. The van der Waals surface area contributed by atoms with Gasteiger partial charge in [0, 0.05) is 24.2 Å². The van der Waals surface area contributed by atoms with E-state index in [9.17, 15) is 9.59 Å². The van der Waals surface area contributed by atoms with E-state index in [-0.39, 0.29) is 5.91 Å². The van der Waals surface area contributed by atoms with Gasteiger partial charge in [0.05, 0.1) is 12.3 Å². The van der Waals surface area contributed by atoms with Crippen molar-refractivity contribution in [2.75, 3.05) is 11.9 Å². The van der Waals surface area contributed by atoms with Gasteiger partial charge < -0.3 is 10.1 Å². The topological polar surface area (TPSA) is 81.2 Å². The summed E-state index contributed by atoms with van der Waals surface area (Å²) in [5.41, 5.74) is 2.19. The third-order valence-electron chi connectivity index (χ3n) is 3.45. The fraction of sp³-hybridized carbons (Fsp3) is 0.158. The number of pyridine rings is 1. The number of esters is 1. The van der Waals surface area contributed by atoms with Crippen LogP contribution >= 0.6 is 11.3 Å². The number of carbonyl (C=O) groups is 2. The Hall–Kier alpha value is -3.06. The highest BCUT2D eigenvalue weighted by atomic mass is 32.1. The normalized spacial score (nSPS) is 10.4. The van der Waals surface area contributed by atoms with Crippen LogP contribution in [0.3, 0.4) is 0 Å². The van der Waals surface area contributed by atoms with Crippen LogP contribution in [0.4, 0.5) is 5.82 Å². The summed E-state index contributed by atoms with van der Waals surface area (Å²) in [6, 6.07) is 13.0. The maximum Gasteiger partial charge on any atom is 0.350 e. The highest BCUT2D eigenvalue weighted by Crippen LogP contribution is 2.34. The first kappa shape index (κ1) is 17.8. The van der Waals surface area contributed by atoms with Gasteiger partial charge in [0.15, 0.2) is 0 Å². The summed E-state index contributed by atoms with van der Waals surface area (Å²) in [5.74, 6) is -0.165. The molecule has 0 bridgehead atoms. The Morgan fingerprint density at radius 3 is 2.62 bits per heavy atom. The smallest absolute Gasteiger partial charge is 0.350 e. The summed E-state index contributed by atoms with van der Waals surface area (Å²) in [6.07, 6.45) is 1.59. The van der Waals surface area contributed by atoms with Crippen molar-refractivity contribution in [1.29, 1.82) is 0 Å². The molecule has 0 saturated carbocycles. The highest BCUT2D eigenvalue weighted by molar-refractivity contribution is 7.17. The van der Waals surface area contributed by atoms with Crippen LogP contribution < -0.4 is 5.32 Å². The third kappa shape index (κ3) is 3.94. The Morgan fingerprint density at radius 2 is 1.92 bits per heavy atom. The van der Waals surface area contributed by atoms with Crippen LogP contribution in [0.5, 0.6) is 0 Å². The number of aromatic nitrogens is 2. The van der Waals surface area contributed by atoms with E-state index in [0.29, 0.717) is 28.0 Å². The Labute approximate surface area is 154 Å². The van der Waals surface area contributed by atoms with Crippen molar-refractivity contribution in [2.24, 2.45) is 0 Å². The first-order valence-electron chi connectivity index (χ1n) is 8.06. The van der Waals surface area contributed by atoms with Crippen molar-refractivity contribution in [3.8, 4) is 21.8 Å². The molecule has 6 nitrogen and oxygen atoms in total. The molecule has 0 radical (unpaired) electrons. The number of nitrogens with one attached hydrogen (secondary N) is 1. The van der Waals surface area contributed by atoms with E-state index in [1.54, 1.807) is 25.3 Å². The van der Waals surface area contributed by atoms with Crippen molar-refractivity contribution in [2.45, 2.75) is 13.8 Å². The minimum Gasteiger partial charge on any atom is -0.462 e. The number of ether oxygens (including phenoxy) is 1. The summed E-state index contributed by atoms with van der Waals surface area (Å²) >= 11 is 1.26. The molecule has 7 heteroatoms. The van der Waals surface area contributed by atoms with E-state index in [1.165, 1.54) is 18.3 Å². The first-order chi connectivity index (χ1) is 12.6. The first-order valence-corrected chi connectivity index (χ1v) is 8.87. The van der Waals surface area contributed by atoms with Gasteiger partial charge in [-0.15, -0.1) is 11.3 Å². The number of amides is 1. The van der Waals surface area contributed by atoms with E-state index in [2.05, 4.69) is 15.3 Å². The summed E-state index contributed by atoms with van der Waals surface area (Å²) < 4.78 is 5.18. The monoisotopic (exact) mass is 367 g/mol. The van der Waals surface area contributed by atoms with E-state index >= 15 is 0 Å². The summed E-state index contributed by atoms with van der Waals surface area (Å²) in [7, 11) is 0. The molecule has 132 valence electrons. The average Bonchev–Trinajstić information content (AvgIpc) is 3.08. The van der Waals surface area contributed by atoms with Gasteiger partial charge in [-0.05, 0) is 19.1 Å². The molecule has 0 unspecified atom stereocenters. The van der Waals surface area contributed by atoms with E-state index < -0.39 is 5.97 Å². The van der Waals surface area contributed by atoms with Crippen LogP contribution in [-0.2, 0) is 9.53 Å². The van der Waals surface area contributed by atoms with Gasteiger partial charge in [0.2, 0.25) is 5.91 Å². The van der Waals surface area contributed by atoms with Crippen molar-refractivity contribution < 1.29 is 14.3 Å². The fourth-order valence-corrected chi connectivity index (χ4v) is 3.36. The predicted molar refractivity (Wildman–Crippen MR) is 101 cm³/mol. The quantitative estimate of drug-likeness (QED) is 0.689. The molecule has 26 heavy (non-hydrogen) atoms. The number of hydrogen-bond donors (Lipinski definition) is 1. The lowest BCUT2D eigenvalue weighted by Crippen LogP contribution is -2.07. The van der Waals surface area contributed by atoms with Crippen molar-refractivity contribution >= 4 is 29.0 Å². The lowest BCUT2D eigenvalue weighted by Gasteiger charge is -2.02. The molecular formula is C19H17N3O3S. The Kier molecular flexibility index (Phi) is 5.38. The zero-order valence-electron chi connectivity index (χ0n) is 14.4. The zero-order chi connectivity index (χ0) is 18.5. The van der Waals surface area contributed by atoms with Gasteiger partial charge in [-0.3, -0.25) is 4.79 Å². The molecule has 2 aromatic heterocycles. The summed E-state index contributed by atoms with van der Waals surface area (Å²) in [6.45, 7) is 3.48. The van der Waals surface area contributed by atoms with Crippen LogP contribution in [-0.4, -0.2) is 28.5 Å². The molecule has 0 aliphatic rings. The molecule has 0 atom stereocenters. The maximum absolute atomic E-state index is 12.4. The van der Waals surface area contributed by atoms with Gasteiger partial charge in [0.25, 0.3) is 0 Å². The van der Waals surface area contributed by atoms with E-state index in [0.717, 1.165) is 11.1 Å². The zero-order valence-corrected chi connectivity index (χ0v) is 15.2. The Balaban J connectivity index is 2.06. The third-order valence-corrected chi connectivity index (χ3v) is 4.53. The molecule has 2 heterocycles. The van der Waals surface area contributed by atoms with E-state index in [1.807, 2.05) is 30.3 Å². The lowest BCUT2D eigenvalue weighted by molar-refractivity contribution is -0.114. The molecule has 0 spiro atoms. The van der Waals surface area contributed by atoms with Crippen molar-refractivity contribution in [1.82, 2.24) is 9.97 Å². The number of rotatable bonds is 5. The van der Waals surface area contributed by atoms with Gasteiger partial charge in [0.1, 0.15) is 15.7 Å². The second-order valence-electron chi connectivity index (χ2n) is 5.39. The molecule has 1 amide bonds. The minimum atomic E-state index is -0.397. The highest BCUT2D eigenvalue weighted by Gasteiger charge is 2.21. The number of nitrogens with zero attached hydrogens (tertiary/aromatic N) is 2. The molecule has 0 saturated heterocycles.